The van der Waals surface area contributed by atoms with E-state index < -0.39 is 11.9 Å². The number of para-hydroxylation sites is 1. The van der Waals surface area contributed by atoms with Crippen LogP contribution >= 0.6 is 0 Å². The van der Waals surface area contributed by atoms with Gasteiger partial charge in [0.15, 0.2) is 0 Å². The van der Waals surface area contributed by atoms with E-state index in [4.69, 9.17) is 9.68 Å². The summed E-state index contributed by atoms with van der Waals surface area (Å²) in [4.78, 5) is 22.8. The van der Waals surface area contributed by atoms with Gasteiger partial charge < -0.3 is 13.7 Å². The lowest BCUT2D eigenvalue weighted by molar-refractivity contribution is -0.120. The summed E-state index contributed by atoms with van der Waals surface area (Å²) in [5.41, 5.74) is 4.04. The molecule has 136 valence electrons. The number of amides is 1. The van der Waals surface area contributed by atoms with Crippen LogP contribution in [0, 0.1) is 11.3 Å². The first-order valence-corrected chi connectivity index (χ1v) is 8.06. The number of rotatable bonds is 6. The summed E-state index contributed by atoms with van der Waals surface area (Å²) < 4.78 is 12.1. The number of nitrogens with zero attached hydrogens (tertiary/aromatic N) is 3. The molecule has 0 saturated heterocycles. The molecule has 0 aliphatic rings. The van der Waals surface area contributed by atoms with E-state index >= 15 is 0 Å². The average molecular weight is 364 g/mol. The highest BCUT2D eigenvalue weighted by Crippen LogP contribution is 2.22. The van der Waals surface area contributed by atoms with Gasteiger partial charge in [-0.25, -0.2) is 10.2 Å². The number of carbonyl (C=O) groups is 2. The fraction of sp³-hybridized carbons (Fsp3) is 0.158. The zero-order valence-corrected chi connectivity index (χ0v) is 14.5. The summed E-state index contributed by atoms with van der Waals surface area (Å²) in [7, 11) is 1.30. The van der Waals surface area contributed by atoms with Gasteiger partial charge in [-0.3, -0.25) is 4.79 Å². The molecule has 0 atom stereocenters. The van der Waals surface area contributed by atoms with Gasteiger partial charge in [0.1, 0.15) is 12.2 Å². The van der Waals surface area contributed by atoms with Crippen molar-refractivity contribution in [1.82, 2.24) is 9.99 Å². The van der Waals surface area contributed by atoms with E-state index in [1.54, 1.807) is 18.2 Å². The van der Waals surface area contributed by atoms with Crippen molar-refractivity contribution < 1.29 is 18.7 Å². The van der Waals surface area contributed by atoms with E-state index in [0.29, 0.717) is 12.3 Å². The topological polar surface area (TPSA) is 110 Å². The highest BCUT2D eigenvalue weighted by atomic mass is 16.5. The molecule has 27 heavy (non-hydrogen) atoms. The van der Waals surface area contributed by atoms with Crippen LogP contribution < -0.4 is 5.43 Å². The molecule has 1 amide bonds. The summed E-state index contributed by atoms with van der Waals surface area (Å²) in [6.07, 6.45) is 3.14. The number of hydrogen-bond acceptors (Lipinski definition) is 6. The van der Waals surface area contributed by atoms with Crippen LogP contribution in [0.1, 0.15) is 28.3 Å². The van der Waals surface area contributed by atoms with Gasteiger partial charge in [0.2, 0.25) is 5.76 Å². The Morgan fingerprint density at radius 3 is 2.93 bits per heavy atom. The molecule has 2 heterocycles. The molecule has 1 N–H and O–H groups in total. The molecule has 0 bridgehead atoms. The van der Waals surface area contributed by atoms with Crippen LogP contribution in [-0.4, -0.2) is 29.8 Å². The van der Waals surface area contributed by atoms with E-state index in [-0.39, 0.29) is 12.2 Å². The molecule has 0 radical (unpaired) electrons. The zero-order valence-electron chi connectivity index (χ0n) is 14.5. The molecule has 0 aliphatic carbocycles. The fourth-order valence-electron chi connectivity index (χ4n) is 2.64. The molecule has 1 aromatic carbocycles. The lowest BCUT2D eigenvalue weighted by atomic mass is 10.2. The van der Waals surface area contributed by atoms with Crippen LogP contribution in [0.2, 0.25) is 0 Å². The maximum atomic E-state index is 11.5. The quantitative estimate of drug-likeness (QED) is 0.410. The average Bonchev–Trinajstić information content (AvgIpc) is 3.27. The van der Waals surface area contributed by atoms with Crippen molar-refractivity contribution in [2.24, 2.45) is 5.10 Å². The summed E-state index contributed by atoms with van der Waals surface area (Å²) in [6, 6.07) is 12.7. The number of methoxy groups -OCH3 is 1. The molecule has 0 unspecified atom stereocenters. The predicted octanol–water partition coefficient (Wildman–Crippen LogP) is 2.43. The van der Waals surface area contributed by atoms with E-state index in [9.17, 15) is 9.59 Å². The van der Waals surface area contributed by atoms with Crippen molar-refractivity contribution in [1.29, 1.82) is 5.26 Å². The molecular formula is C19H16N4O4. The maximum Gasteiger partial charge on any atom is 0.373 e. The SMILES string of the molecule is COC(=O)c1ccc(Cn2cc(/C=N\NC(=O)CC#N)c3ccccc32)o1. The van der Waals surface area contributed by atoms with E-state index in [2.05, 4.69) is 15.3 Å². The number of esters is 1. The largest absolute Gasteiger partial charge is 0.463 e. The Hall–Kier alpha value is -3.86. The number of fused-ring (bicyclic) bond motifs is 1. The maximum absolute atomic E-state index is 11.5. The fourth-order valence-corrected chi connectivity index (χ4v) is 2.64. The van der Waals surface area contributed by atoms with Crippen molar-refractivity contribution in [3.63, 3.8) is 0 Å². The first-order valence-electron chi connectivity index (χ1n) is 8.06. The molecule has 3 aromatic rings. The van der Waals surface area contributed by atoms with Crippen LogP contribution in [-0.2, 0) is 16.1 Å². The number of benzene rings is 1. The van der Waals surface area contributed by atoms with Crippen molar-refractivity contribution in [3.05, 3.63) is 59.7 Å². The van der Waals surface area contributed by atoms with Gasteiger partial charge in [-0.05, 0) is 18.2 Å². The van der Waals surface area contributed by atoms with E-state index in [1.807, 2.05) is 35.0 Å². The summed E-state index contributed by atoms with van der Waals surface area (Å²) in [5, 5.41) is 13.3. The third-order valence-electron chi connectivity index (χ3n) is 3.83. The molecule has 3 rings (SSSR count). The predicted molar refractivity (Wildman–Crippen MR) is 97.1 cm³/mol. The Labute approximate surface area is 154 Å². The third-order valence-corrected chi connectivity index (χ3v) is 3.83. The summed E-state index contributed by atoms with van der Waals surface area (Å²) in [6.45, 7) is 0.409. The summed E-state index contributed by atoms with van der Waals surface area (Å²) >= 11 is 0. The summed E-state index contributed by atoms with van der Waals surface area (Å²) in [5.74, 6) is -0.254. The molecular weight excluding hydrogens is 348 g/mol. The van der Waals surface area contributed by atoms with Crippen LogP contribution in [0.5, 0.6) is 0 Å². The minimum absolute atomic E-state index is 0.144. The Morgan fingerprint density at radius 1 is 1.33 bits per heavy atom. The number of ether oxygens (including phenoxy) is 1. The lowest BCUT2D eigenvalue weighted by Gasteiger charge is -2.02. The highest BCUT2D eigenvalue weighted by molar-refractivity contribution is 5.99. The number of hydrazone groups is 1. The minimum atomic E-state index is -0.528. The number of aromatic nitrogens is 1. The van der Waals surface area contributed by atoms with Crippen LogP contribution in [0.4, 0.5) is 0 Å². The van der Waals surface area contributed by atoms with Gasteiger partial charge in [0.05, 0.1) is 25.9 Å². The Balaban J connectivity index is 1.85. The molecule has 0 fully saturated rings. The Kier molecular flexibility index (Phi) is 5.33. The molecule has 8 nitrogen and oxygen atoms in total. The van der Waals surface area contributed by atoms with Crippen molar-refractivity contribution in [2.45, 2.75) is 13.0 Å². The second-order valence-electron chi connectivity index (χ2n) is 5.62. The molecule has 0 spiro atoms. The first-order chi connectivity index (χ1) is 13.1. The number of nitrogens with one attached hydrogen (secondary N) is 1. The van der Waals surface area contributed by atoms with Gasteiger partial charge in [-0.2, -0.15) is 10.4 Å². The number of carbonyl (C=O) groups excluding carboxylic acids is 2. The smallest absolute Gasteiger partial charge is 0.373 e. The first kappa shape index (κ1) is 17.9. The van der Waals surface area contributed by atoms with Gasteiger partial charge in [0.25, 0.3) is 5.91 Å². The second-order valence-corrected chi connectivity index (χ2v) is 5.62. The van der Waals surface area contributed by atoms with Crippen molar-refractivity contribution >= 4 is 29.0 Å². The molecule has 2 aromatic heterocycles. The number of hydrogen-bond donors (Lipinski definition) is 1. The van der Waals surface area contributed by atoms with Crippen LogP contribution in [0.15, 0.2) is 52.1 Å². The van der Waals surface area contributed by atoms with E-state index in [0.717, 1.165) is 16.5 Å². The van der Waals surface area contributed by atoms with Crippen molar-refractivity contribution in [3.8, 4) is 6.07 Å². The monoisotopic (exact) mass is 364 g/mol. The highest BCUT2D eigenvalue weighted by Gasteiger charge is 2.13. The minimum Gasteiger partial charge on any atom is -0.463 e. The third kappa shape index (κ3) is 4.04. The zero-order chi connectivity index (χ0) is 19.2. The van der Waals surface area contributed by atoms with Gasteiger partial charge >= 0.3 is 5.97 Å². The van der Waals surface area contributed by atoms with Crippen molar-refractivity contribution in [2.75, 3.05) is 7.11 Å². The van der Waals surface area contributed by atoms with Gasteiger partial charge in [-0.15, -0.1) is 0 Å². The number of furan rings is 1. The Bertz CT molecular complexity index is 1060. The van der Waals surface area contributed by atoms with Gasteiger partial charge in [0, 0.05) is 22.7 Å². The molecule has 0 saturated carbocycles. The normalized spacial score (nSPS) is 10.8. The van der Waals surface area contributed by atoms with Gasteiger partial charge in [-0.1, -0.05) is 18.2 Å². The molecule has 8 heteroatoms. The van der Waals surface area contributed by atoms with E-state index in [1.165, 1.54) is 13.3 Å². The Morgan fingerprint density at radius 2 is 2.15 bits per heavy atom. The number of nitriles is 1. The standard InChI is InChI=1S/C19H16N4O4/c1-26-19(25)17-7-6-14(27-17)12-23-11-13(10-21-22-18(24)8-9-20)15-4-2-3-5-16(15)23/h2-7,10-11H,8,12H2,1H3,(H,22,24)/b21-10-. The lowest BCUT2D eigenvalue weighted by Crippen LogP contribution is -2.16. The van der Waals surface area contributed by atoms with Crippen LogP contribution in [0.25, 0.3) is 10.9 Å². The second kappa shape index (κ2) is 8.01. The van der Waals surface area contributed by atoms with Crippen LogP contribution in [0.3, 0.4) is 0 Å². The molecule has 0 aliphatic heterocycles.